The number of hydrogen-bond acceptors (Lipinski definition) is 4. The molecule has 1 unspecified atom stereocenters. The average Bonchev–Trinajstić information content (AvgIpc) is 2.14. The van der Waals surface area contributed by atoms with E-state index in [2.05, 4.69) is 19.2 Å². The van der Waals surface area contributed by atoms with Gasteiger partial charge in [0.2, 0.25) is 0 Å². The molecule has 0 aromatic rings. The van der Waals surface area contributed by atoms with Gasteiger partial charge in [-0.05, 0) is 25.8 Å². The van der Waals surface area contributed by atoms with Crippen LogP contribution in [0.4, 0.5) is 0 Å². The van der Waals surface area contributed by atoms with Crippen molar-refractivity contribution in [1.29, 1.82) is 0 Å². The zero-order valence-electron chi connectivity index (χ0n) is 10.8. The summed E-state index contributed by atoms with van der Waals surface area (Å²) in [5.74, 6) is 0.720. The summed E-state index contributed by atoms with van der Waals surface area (Å²) in [5, 5.41) is 13.1. The largest absolute Gasteiger partial charge is 0.389 e. The van der Waals surface area contributed by atoms with Crippen molar-refractivity contribution < 1.29 is 13.5 Å². The van der Waals surface area contributed by atoms with Gasteiger partial charge in [-0.25, -0.2) is 8.42 Å². The molecular formula is C11H25NO3S. The lowest BCUT2D eigenvalue weighted by Crippen LogP contribution is -2.40. The van der Waals surface area contributed by atoms with Crippen LogP contribution in [0.2, 0.25) is 0 Å². The number of sulfone groups is 1. The fourth-order valence-electron chi connectivity index (χ4n) is 1.24. The first-order valence-corrected chi connectivity index (χ1v) is 7.64. The second-order valence-electron chi connectivity index (χ2n) is 5.01. The number of nitrogens with one attached hydrogen (secondary N) is 1. The summed E-state index contributed by atoms with van der Waals surface area (Å²) in [6.07, 6.45) is 0.286. The Morgan fingerprint density at radius 2 is 1.94 bits per heavy atom. The smallest absolute Gasteiger partial charge is 0.150 e. The molecule has 0 bridgehead atoms. The highest BCUT2D eigenvalue weighted by Crippen LogP contribution is 2.10. The van der Waals surface area contributed by atoms with Gasteiger partial charge in [-0.2, -0.15) is 0 Å². The Bertz CT molecular complexity index is 284. The molecule has 0 aliphatic carbocycles. The molecule has 2 N–H and O–H groups in total. The molecule has 0 amide bonds. The zero-order chi connectivity index (χ0) is 12.8. The molecule has 0 saturated carbocycles. The predicted octanol–water partition coefficient (Wildman–Crippen LogP) is 0.808. The Labute approximate surface area is 99.4 Å². The van der Waals surface area contributed by atoms with Crippen LogP contribution in [0.15, 0.2) is 0 Å². The van der Waals surface area contributed by atoms with Crippen LogP contribution < -0.4 is 5.32 Å². The van der Waals surface area contributed by atoms with Gasteiger partial charge in [0, 0.05) is 12.3 Å². The third kappa shape index (κ3) is 8.07. The first-order chi connectivity index (χ1) is 7.18. The third-order valence-electron chi connectivity index (χ3n) is 2.45. The van der Waals surface area contributed by atoms with Crippen molar-refractivity contribution in [1.82, 2.24) is 5.32 Å². The highest BCUT2D eigenvalue weighted by atomic mass is 32.2. The quantitative estimate of drug-likeness (QED) is 0.670. The lowest BCUT2D eigenvalue weighted by Gasteiger charge is -2.24. The van der Waals surface area contributed by atoms with Gasteiger partial charge in [-0.3, -0.25) is 0 Å². The predicted molar refractivity (Wildman–Crippen MR) is 67.3 cm³/mol. The van der Waals surface area contributed by atoms with Crippen LogP contribution in [-0.4, -0.2) is 43.7 Å². The standard InChI is InChI=1S/C11H25NO3S/c1-5-16(14,15)7-6-11(4,13)9-12-8-10(2)3/h10,12-13H,5-9H2,1-4H3. The van der Waals surface area contributed by atoms with Crippen molar-refractivity contribution in [3.63, 3.8) is 0 Å². The second kappa shape index (κ2) is 6.57. The average molecular weight is 251 g/mol. The van der Waals surface area contributed by atoms with Gasteiger partial charge in [0.1, 0.15) is 9.84 Å². The Balaban J connectivity index is 3.96. The normalized spacial score (nSPS) is 16.4. The lowest BCUT2D eigenvalue weighted by molar-refractivity contribution is 0.0560. The molecule has 0 fully saturated rings. The number of hydrogen-bond donors (Lipinski definition) is 2. The Hall–Kier alpha value is -0.130. The molecule has 0 rings (SSSR count). The van der Waals surface area contributed by atoms with Gasteiger partial charge in [0.05, 0.1) is 11.4 Å². The van der Waals surface area contributed by atoms with E-state index in [1.165, 1.54) is 0 Å². The molecule has 0 saturated heterocycles. The maximum atomic E-state index is 11.3. The summed E-state index contributed by atoms with van der Waals surface area (Å²) < 4.78 is 22.6. The van der Waals surface area contributed by atoms with Gasteiger partial charge in [-0.15, -0.1) is 0 Å². The van der Waals surface area contributed by atoms with Gasteiger partial charge in [0.15, 0.2) is 0 Å². The van der Waals surface area contributed by atoms with E-state index in [4.69, 9.17) is 0 Å². The molecule has 4 nitrogen and oxygen atoms in total. The first-order valence-electron chi connectivity index (χ1n) is 5.82. The van der Waals surface area contributed by atoms with Crippen LogP contribution in [0.5, 0.6) is 0 Å². The Morgan fingerprint density at radius 1 is 1.38 bits per heavy atom. The third-order valence-corrected chi connectivity index (χ3v) is 4.16. The van der Waals surface area contributed by atoms with E-state index < -0.39 is 15.4 Å². The lowest BCUT2D eigenvalue weighted by atomic mass is 10.0. The summed E-state index contributed by atoms with van der Waals surface area (Å²) >= 11 is 0. The highest BCUT2D eigenvalue weighted by molar-refractivity contribution is 7.91. The van der Waals surface area contributed by atoms with Gasteiger partial charge in [0.25, 0.3) is 0 Å². The second-order valence-corrected chi connectivity index (χ2v) is 7.48. The minimum absolute atomic E-state index is 0.0554. The van der Waals surface area contributed by atoms with Crippen molar-refractivity contribution in [2.75, 3.05) is 24.6 Å². The maximum Gasteiger partial charge on any atom is 0.150 e. The van der Waals surface area contributed by atoms with Crippen LogP contribution in [0.25, 0.3) is 0 Å². The number of aliphatic hydroxyl groups is 1. The van der Waals surface area contributed by atoms with Crippen molar-refractivity contribution >= 4 is 9.84 Å². The molecule has 16 heavy (non-hydrogen) atoms. The topological polar surface area (TPSA) is 66.4 Å². The molecule has 98 valence electrons. The van der Waals surface area contributed by atoms with E-state index in [0.29, 0.717) is 12.5 Å². The van der Waals surface area contributed by atoms with E-state index >= 15 is 0 Å². The van der Waals surface area contributed by atoms with Crippen LogP contribution in [0.3, 0.4) is 0 Å². The molecule has 0 aliphatic rings. The molecular weight excluding hydrogens is 226 g/mol. The van der Waals surface area contributed by atoms with Gasteiger partial charge >= 0.3 is 0 Å². The van der Waals surface area contributed by atoms with E-state index in [9.17, 15) is 13.5 Å². The minimum atomic E-state index is -2.98. The van der Waals surface area contributed by atoms with Crippen LogP contribution in [0, 0.1) is 5.92 Å². The molecule has 0 aliphatic heterocycles. The molecule has 5 heteroatoms. The molecule has 0 aromatic carbocycles. The van der Waals surface area contributed by atoms with Gasteiger partial charge < -0.3 is 10.4 Å². The summed E-state index contributed by atoms with van der Waals surface area (Å²) in [5.41, 5.74) is -0.947. The van der Waals surface area contributed by atoms with E-state index in [0.717, 1.165) is 6.54 Å². The summed E-state index contributed by atoms with van der Waals surface area (Å²) in [6.45, 7) is 8.74. The van der Waals surface area contributed by atoms with Gasteiger partial charge in [-0.1, -0.05) is 20.8 Å². The Kier molecular flexibility index (Phi) is 6.51. The molecule has 0 heterocycles. The summed E-state index contributed by atoms with van der Waals surface area (Å²) in [6, 6.07) is 0. The van der Waals surface area contributed by atoms with Crippen molar-refractivity contribution in [2.45, 2.75) is 39.7 Å². The van der Waals surface area contributed by atoms with E-state index in [1.54, 1.807) is 13.8 Å². The minimum Gasteiger partial charge on any atom is -0.389 e. The molecule has 0 aromatic heterocycles. The fraction of sp³-hybridized carbons (Fsp3) is 1.00. The van der Waals surface area contributed by atoms with Crippen molar-refractivity contribution in [3.05, 3.63) is 0 Å². The molecule has 0 spiro atoms. The van der Waals surface area contributed by atoms with Crippen LogP contribution in [0.1, 0.15) is 34.1 Å². The van der Waals surface area contributed by atoms with Crippen LogP contribution >= 0.6 is 0 Å². The zero-order valence-corrected chi connectivity index (χ0v) is 11.6. The molecule has 1 atom stereocenters. The van der Waals surface area contributed by atoms with Crippen molar-refractivity contribution in [3.8, 4) is 0 Å². The van der Waals surface area contributed by atoms with Crippen LogP contribution in [-0.2, 0) is 9.84 Å². The molecule has 0 radical (unpaired) electrons. The fourth-order valence-corrected chi connectivity index (χ4v) is 2.28. The summed E-state index contributed by atoms with van der Waals surface area (Å²) in [7, 11) is -2.98. The SMILES string of the molecule is CCS(=O)(=O)CCC(C)(O)CNCC(C)C. The number of rotatable bonds is 8. The highest BCUT2D eigenvalue weighted by Gasteiger charge is 2.22. The first kappa shape index (κ1) is 15.9. The van der Waals surface area contributed by atoms with E-state index in [1.807, 2.05) is 0 Å². The monoisotopic (exact) mass is 251 g/mol. The van der Waals surface area contributed by atoms with E-state index in [-0.39, 0.29) is 17.9 Å². The maximum absolute atomic E-state index is 11.3. The Morgan fingerprint density at radius 3 is 2.38 bits per heavy atom. The van der Waals surface area contributed by atoms with Crippen molar-refractivity contribution in [2.24, 2.45) is 5.92 Å². The summed E-state index contributed by atoms with van der Waals surface area (Å²) in [4.78, 5) is 0.